The first-order valence-corrected chi connectivity index (χ1v) is 4.37. The Bertz CT molecular complexity index is 283. The number of anilines is 1. The van der Waals surface area contributed by atoms with E-state index in [4.69, 9.17) is 5.11 Å². The van der Waals surface area contributed by atoms with Crippen LogP contribution in [0.15, 0.2) is 18.2 Å². The number of aliphatic hydroxyl groups excluding tert-OH is 1. The number of fused-ring (bicyclic) bond motifs is 1. The van der Waals surface area contributed by atoms with Gasteiger partial charge in [-0.1, -0.05) is 12.1 Å². The lowest BCUT2D eigenvalue weighted by Crippen LogP contribution is -1.95. The van der Waals surface area contributed by atoms with Crippen LogP contribution in [0, 0.1) is 0 Å². The minimum absolute atomic E-state index is 0.246. The molecule has 0 fully saturated rings. The summed E-state index contributed by atoms with van der Waals surface area (Å²) in [6.45, 7) is 1.29. The average Bonchev–Trinajstić information content (AvgIpc) is 2.53. The van der Waals surface area contributed by atoms with Gasteiger partial charge in [0.1, 0.15) is 0 Å². The Labute approximate surface area is 72.2 Å². The van der Waals surface area contributed by atoms with Gasteiger partial charge in [0.25, 0.3) is 0 Å². The first-order valence-electron chi connectivity index (χ1n) is 4.37. The van der Waals surface area contributed by atoms with Gasteiger partial charge in [0.05, 0.1) is 0 Å². The van der Waals surface area contributed by atoms with Gasteiger partial charge in [0, 0.05) is 18.8 Å². The molecule has 1 aliphatic heterocycles. The molecule has 0 amide bonds. The lowest BCUT2D eigenvalue weighted by Gasteiger charge is -2.05. The molecule has 1 aromatic rings. The summed E-state index contributed by atoms with van der Waals surface area (Å²) in [6, 6.07) is 6.24. The Morgan fingerprint density at radius 2 is 2.33 bits per heavy atom. The molecule has 0 saturated carbocycles. The van der Waals surface area contributed by atoms with Crippen molar-refractivity contribution in [3.05, 3.63) is 29.3 Å². The van der Waals surface area contributed by atoms with Crippen molar-refractivity contribution >= 4 is 5.69 Å². The van der Waals surface area contributed by atoms with Crippen LogP contribution in [0.5, 0.6) is 0 Å². The highest BCUT2D eigenvalue weighted by Gasteiger charge is 2.12. The molecule has 0 aliphatic carbocycles. The van der Waals surface area contributed by atoms with E-state index < -0.39 is 0 Å². The normalized spacial score (nSPS) is 14.1. The van der Waals surface area contributed by atoms with E-state index in [1.165, 1.54) is 16.8 Å². The fraction of sp³-hybridized carbons (Fsp3) is 0.400. The summed E-state index contributed by atoms with van der Waals surface area (Å²) in [5, 5.41) is 12.1. The molecule has 12 heavy (non-hydrogen) atoms. The van der Waals surface area contributed by atoms with E-state index in [9.17, 15) is 0 Å². The Balaban J connectivity index is 2.36. The number of benzene rings is 1. The molecule has 0 atom stereocenters. The molecule has 1 heterocycles. The van der Waals surface area contributed by atoms with E-state index in [0.29, 0.717) is 0 Å². The fourth-order valence-electron chi connectivity index (χ4n) is 1.77. The molecular formula is C10H13NO. The molecule has 1 aromatic carbocycles. The molecule has 0 aromatic heterocycles. The van der Waals surface area contributed by atoms with Crippen molar-refractivity contribution in [2.75, 3.05) is 18.5 Å². The highest BCUT2D eigenvalue weighted by atomic mass is 16.2. The highest BCUT2D eigenvalue weighted by molar-refractivity contribution is 5.58. The van der Waals surface area contributed by atoms with Crippen LogP contribution in [-0.2, 0) is 12.8 Å². The third kappa shape index (κ3) is 1.18. The van der Waals surface area contributed by atoms with Crippen molar-refractivity contribution < 1.29 is 5.11 Å². The van der Waals surface area contributed by atoms with Crippen LogP contribution in [0.2, 0.25) is 0 Å². The zero-order chi connectivity index (χ0) is 8.39. The Morgan fingerprint density at radius 3 is 3.17 bits per heavy atom. The smallest absolute Gasteiger partial charge is 0.0471 e. The van der Waals surface area contributed by atoms with Crippen molar-refractivity contribution in [3.8, 4) is 0 Å². The molecule has 64 valence electrons. The van der Waals surface area contributed by atoms with Crippen LogP contribution in [0.3, 0.4) is 0 Å². The van der Waals surface area contributed by atoms with Gasteiger partial charge < -0.3 is 10.4 Å². The zero-order valence-electron chi connectivity index (χ0n) is 7.01. The van der Waals surface area contributed by atoms with E-state index in [1.54, 1.807) is 0 Å². The molecule has 2 heteroatoms. The second-order valence-corrected chi connectivity index (χ2v) is 3.09. The third-order valence-electron chi connectivity index (χ3n) is 2.34. The Kier molecular flexibility index (Phi) is 2.00. The van der Waals surface area contributed by atoms with Crippen molar-refractivity contribution in [2.45, 2.75) is 12.8 Å². The van der Waals surface area contributed by atoms with Crippen LogP contribution in [-0.4, -0.2) is 18.3 Å². The summed E-state index contributed by atoms with van der Waals surface area (Å²) in [5.41, 5.74) is 3.94. The number of rotatable bonds is 2. The summed E-state index contributed by atoms with van der Waals surface area (Å²) in [6.07, 6.45) is 1.89. The van der Waals surface area contributed by atoms with Crippen molar-refractivity contribution in [2.24, 2.45) is 0 Å². The number of hydrogen-bond donors (Lipinski definition) is 2. The number of nitrogens with one attached hydrogen (secondary N) is 1. The quantitative estimate of drug-likeness (QED) is 0.686. The number of aliphatic hydroxyl groups is 1. The largest absolute Gasteiger partial charge is 0.396 e. The van der Waals surface area contributed by atoms with Crippen LogP contribution < -0.4 is 5.32 Å². The third-order valence-corrected chi connectivity index (χ3v) is 2.34. The first-order chi connectivity index (χ1) is 5.92. The molecule has 0 bridgehead atoms. The van der Waals surface area contributed by atoms with E-state index in [-0.39, 0.29) is 6.61 Å². The molecule has 0 saturated heterocycles. The Morgan fingerprint density at radius 1 is 1.42 bits per heavy atom. The maximum Gasteiger partial charge on any atom is 0.0471 e. The monoisotopic (exact) mass is 163 g/mol. The van der Waals surface area contributed by atoms with Crippen LogP contribution in [0.25, 0.3) is 0 Å². The van der Waals surface area contributed by atoms with Gasteiger partial charge >= 0.3 is 0 Å². The van der Waals surface area contributed by atoms with Crippen LogP contribution in [0.4, 0.5) is 5.69 Å². The average molecular weight is 163 g/mol. The van der Waals surface area contributed by atoms with Gasteiger partial charge in [-0.05, 0) is 30.0 Å². The zero-order valence-corrected chi connectivity index (χ0v) is 7.01. The fourth-order valence-corrected chi connectivity index (χ4v) is 1.77. The van der Waals surface area contributed by atoms with E-state index >= 15 is 0 Å². The molecular weight excluding hydrogens is 150 g/mol. The SMILES string of the molecule is OCCc1cccc2c1CCN2. The lowest BCUT2D eigenvalue weighted by molar-refractivity contribution is 0.299. The summed E-state index contributed by atoms with van der Waals surface area (Å²) >= 11 is 0. The van der Waals surface area contributed by atoms with E-state index in [0.717, 1.165) is 19.4 Å². The minimum atomic E-state index is 0.246. The molecule has 0 radical (unpaired) electrons. The molecule has 2 nitrogen and oxygen atoms in total. The summed E-state index contributed by atoms with van der Waals surface area (Å²) in [7, 11) is 0. The second kappa shape index (κ2) is 3.15. The molecule has 1 aliphatic rings. The van der Waals surface area contributed by atoms with E-state index in [1.807, 2.05) is 6.07 Å². The molecule has 2 N–H and O–H groups in total. The topological polar surface area (TPSA) is 32.3 Å². The Hall–Kier alpha value is -1.02. The van der Waals surface area contributed by atoms with Gasteiger partial charge in [-0.3, -0.25) is 0 Å². The molecule has 0 spiro atoms. The van der Waals surface area contributed by atoms with Gasteiger partial charge in [0.2, 0.25) is 0 Å². The maximum absolute atomic E-state index is 8.83. The van der Waals surface area contributed by atoms with Gasteiger partial charge in [-0.2, -0.15) is 0 Å². The predicted molar refractivity (Wildman–Crippen MR) is 49.4 cm³/mol. The van der Waals surface area contributed by atoms with Crippen LogP contribution >= 0.6 is 0 Å². The van der Waals surface area contributed by atoms with Gasteiger partial charge in [-0.15, -0.1) is 0 Å². The summed E-state index contributed by atoms with van der Waals surface area (Å²) < 4.78 is 0. The van der Waals surface area contributed by atoms with Crippen LogP contribution in [0.1, 0.15) is 11.1 Å². The molecule has 0 unspecified atom stereocenters. The van der Waals surface area contributed by atoms with Gasteiger partial charge in [-0.25, -0.2) is 0 Å². The lowest BCUT2D eigenvalue weighted by atomic mass is 10.0. The van der Waals surface area contributed by atoms with Crippen molar-refractivity contribution in [1.29, 1.82) is 0 Å². The van der Waals surface area contributed by atoms with Crippen molar-refractivity contribution in [1.82, 2.24) is 0 Å². The predicted octanol–water partition coefficient (Wildman–Crippen LogP) is 1.19. The summed E-state index contributed by atoms with van der Waals surface area (Å²) in [5.74, 6) is 0. The van der Waals surface area contributed by atoms with E-state index in [2.05, 4.69) is 17.4 Å². The molecule has 2 rings (SSSR count). The summed E-state index contributed by atoms with van der Waals surface area (Å²) in [4.78, 5) is 0. The van der Waals surface area contributed by atoms with Gasteiger partial charge in [0.15, 0.2) is 0 Å². The second-order valence-electron chi connectivity index (χ2n) is 3.09. The highest BCUT2D eigenvalue weighted by Crippen LogP contribution is 2.25. The first kappa shape index (κ1) is 7.62. The minimum Gasteiger partial charge on any atom is -0.396 e. The number of hydrogen-bond acceptors (Lipinski definition) is 2. The standard InChI is InChI=1S/C10H13NO/c12-7-5-8-2-1-3-10-9(8)4-6-11-10/h1-3,11-12H,4-7H2. The van der Waals surface area contributed by atoms with Crippen molar-refractivity contribution in [3.63, 3.8) is 0 Å². The maximum atomic E-state index is 8.83.